The SMILES string of the molecule is CC(Cn1c(N)nc2ccc(F)c(F)c21)C1CC1. The Kier molecular flexibility index (Phi) is 2.50. The van der Waals surface area contributed by atoms with Crippen molar-refractivity contribution in [2.45, 2.75) is 26.3 Å². The molecule has 1 aliphatic rings. The molecule has 0 bridgehead atoms. The number of imidazole rings is 1. The molecule has 1 aromatic carbocycles. The highest BCUT2D eigenvalue weighted by Crippen LogP contribution is 2.38. The van der Waals surface area contributed by atoms with Crippen LogP contribution in [0.4, 0.5) is 14.7 Å². The summed E-state index contributed by atoms with van der Waals surface area (Å²) >= 11 is 0. The highest BCUT2D eigenvalue weighted by molar-refractivity contribution is 5.79. The van der Waals surface area contributed by atoms with E-state index in [0.29, 0.717) is 23.9 Å². The summed E-state index contributed by atoms with van der Waals surface area (Å²) in [6, 6.07) is 2.54. The standard InChI is InChI=1S/C13H15F2N3/c1-7(8-2-3-8)6-18-12-10(17-13(18)16)5-4-9(14)11(12)15/h4-5,7-8H,2-3,6H2,1H3,(H2,16,17). The number of benzene rings is 1. The van der Waals surface area contributed by atoms with Crippen molar-refractivity contribution >= 4 is 17.0 Å². The van der Waals surface area contributed by atoms with Gasteiger partial charge in [-0.3, -0.25) is 0 Å². The fourth-order valence-electron chi connectivity index (χ4n) is 2.46. The molecule has 5 heteroatoms. The lowest BCUT2D eigenvalue weighted by molar-refractivity contribution is 0.434. The summed E-state index contributed by atoms with van der Waals surface area (Å²) in [5.41, 5.74) is 6.40. The van der Waals surface area contributed by atoms with E-state index in [-0.39, 0.29) is 11.5 Å². The van der Waals surface area contributed by atoms with Crippen LogP contribution >= 0.6 is 0 Å². The first-order valence-corrected chi connectivity index (χ1v) is 6.17. The van der Waals surface area contributed by atoms with Crippen LogP contribution in [-0.2, 0) is 6.54 Å². The number of halogens is 2. The molecule has 0 radical (unpaired) electrons. The van der Waals surface area contributed by atoms with Crippen LogP contribution in [0.2, 0.25) is 0 Å². The summed E-state index contributed by atoms with van der Waals surface area (Å²) in [5.74, 6) is -0.379. The number of hydrogen-bond acceptors (Lipinski definition) is 2. The van der Waals surface area contributed by atoms with Gasteiger partial charge in [-0.25, -0.2) is 13.8 Å². The Bertz CT molecular complexity index is 602. The van der Waals surface area contributed by atoms with Crippen LogP contribution in [0.25, 0.3) is 11.0 Å². The van der Waals surface area contributed by atoms with E-state index in [1.807, 2.05) is 0 Å². The van der Waals surface area contributed by atoms with Crippen molar-refractivity contribution in [1.82, 2.24) is 9.55 Å². The van der Waals surface area contributed by atoms with Crippen molar-refractivity contribution in [3.05, 3.63) is 23.8 Å². The van der Waals surface area contributed by atoms with Gasteiger partial charge in [0.15, 0.2) is 11.6 Å². The third kappa shape index (κ3) is 1.74. The molecule has 3 rings (SSSR count). The van der Waals surface area contributed by atoms with E-state index >= 15 is 0 Å². The average molecular weight is 251 g/mol. The summed E-state index contributed by atoms with van der Waals surface area (Å²) in [4.78, 5) is 4.08. The van der Waals surface area contributed by atoms with Crippen LogP contribution in [0, 0.1) is 23.5 Å². The monoisotopic (exact) mass is 251 g/mol. The minimum Gasteiger partial charge on any atom is -0.369 e. The maximum Gasteiger partial charge on any atom is 0.201 e. The Balaban J connectivity index is 2.08. The van der Waals surface area contributed by atoms with E-state index in [1.165, 1.54) is 18.9 Å². The molecule has 0 spiro atoms. The molecule has 0 aliphatic heterocycles. The van der Waals surface area contributed by atoms with Crippen LogP contribution < -0.4 is 5.73 Å². The Morgan fingerprint density at radius 1 is 1.44 bits per heavy atom. The summed E-state index contributed by atoms with van der Waals surface area (Å²) in [6.07, 6.45) is 2.43. The van der Waals surface area contributed by atoms with Gasteiger partial charge in [0.2, 0.25) is 5.95 Å². The third-order valence-electron chi connectivity index (χ3n) is 3.73. The minimum absolute atomic E-state index is 0.181. The Hall–Kier alpha value is -1.65. The van der Waals surface area contributed by atoms with Crippen LogP contribution in [0.1, 0.15) is 19.8 Å². The molecular formula is C13H15F2N3. The van der Waals surface area contributed by atoms with Gasteiger partial charge < -0.3 is 10.3 Å². The smallest absolute Gasteiger partial charge is 0.201 e. The zero-order chi connectivity index (χ0) is 12.9. The maximum atomic E-state index is 13.8. The summed E-state index contributed by atoms with van der Waals surface area (Å²) in [6.45, 7) is 2.70. The van der Waals surface area contributed by atoms with Gasteiger partial charge in [-0.05, 0) is 36.8 Å². The highest BCUT2D eigenvalue weighted by atomic mass is 19.2. The molecule has 1 unspecified atom stereocenters. The molecule has 1 saturated carbocycles. The van der Waals surface area contributed by atoms with Gasteiger partial charge in [0.05, 0.1) is 5.52 Å². The molecule has 18 heavy (non-hydrogen) atoms. The Morgan fingerprint density at radius 3 is 2.83 bits per heavy atom. The quantitative estimate of drug-likeness (QED) is 0.911. The fraction of sp³-hybridized carbons (Fsp3) is 0.462. The van der Waals surface area contributed by atoms with Gasteiger partial charge in [-0.15, -0.1) is 0 Å². The second-order valence-electron chi connectivity index (χ2n) is 5.12. The molecule has 2 aromatic rings. The summed E-state index contributed by atoms with van der Waals surface area (Å²) < 4.78 is 28.7. The lowest BCUT2D eigenvalue weighted by atomic mass is 10.1. The largest absolute Gasteiger partial charge is 0.369 e. The van der Waals surface area contributed by atoms with E-state index < -0.39 is 11.6 Å². The van der Waals surface area contributed by atoms with Crippen LogP contribution in [0.3, 0.4) is 0 Å². The van der Waals surface area contributed by atoms with Gasteiger partial charge in [0, 0.05) is 6.54 Å². The molecule has 1 aromatic heterocycles. The summed E-state index contributed by atoms with van der Waals surface area (Å²) in [5, 5.41) is 0. The predicted molar refractivity (Wildman–Crippen MR) is 65.9 cm³/mol. The molecule has 1 aliphatic carbocycles. The first-order chi connectivity index (χ1) is 8.58. The third-order valence-corrected chi connectivity index (χ3v) is 3.73. The lowest BCUT2D eigenvalue weighted by Crippen LogP contribution is -2.12. The van der Waals surface area contributed by atoms with Crippen LogP contribution in [0.15, 0.2) is 12.1 Å². The minimum atomic E-state index is -0.861. The van der Waals surface area contributed by atoms with Gasteiger partial charge in [0.25, 0.3) is 0 Å². The lowest BCUT2D eigenvalue weighted by Gasteiger charge is -2.13. The number of nitrogens with zero attached hydrogens (tertiary/aromatic N) is 2. The second kappa shape index (κ2) is 3.93. The van der Waals surface area contributed by atoms with E-state index in [2.05, 4.69) is 11.9 Å². The fourth-order valence-corrected chi connectivity index (χ4v) is 2.46. The zero-order valence-electron chi connectivity index (χ0n) is 10.2. The van der Waals surface area contributed by atoms with Crippen LogP contribution in [-0.4, -0.2) is 9.55 Å². The molecule has 1 heterocycles. The van der Waals surface area contributed by atoms with Crippen molar-refractivity contribution in [1.29, 1.82) is 0 Å². The van der Waals surface area contributed by atoms with Crippen molar-refractivity contribution in [2.24, 2.45) is 11.8 Å². The molecule has 2 N–H and O–H groups in total. The second-order valence-corrected chi connectivity index (χ2v) is 5.12. The van der Waals surface area contributed by atoms with Gasteiger partial charge in [-0.1, -0.05) is 6.92 Å². The van der Waals surface area contributed by atoms with Crippen molar-refractivity contribution in [3.63, 3.8) is 0 Å². The zero-order valence-corrected chi connectivity index (χ0v) is 10.2. The molecule has 3 nitrogen and oxygen atoms in total. The van der Waals surface area contributed by atoms with Crippen molar-refractivity contribution in [3.8, 4) is 0 Å². The molecule has 1 atom stereocenters. The number of anilines is 1. The number of hydrogen-bond donors (Lipinski definition) is 1. The molecule has 0 saturated heterocycles. The van der Waals surface area contributed by atoms with E-state index in [9.17, 15) is 8.78 Å². The number of aromatic nitrogens is 2. The van der Waals surface area contributed by atoms with Crippen molar-refractivity contribution in [2.75, 3.05) is 5.73 Å². The van der Waals surface area contributed by atoms with Crippen LogP contribution in [0.5, 0.6) is 0 Å². The number of rotatable bonds is 3. The first-order valence-electron chi connectivity index (χ1n) is 6.17. The topological polar surface area (TPSA) is 43.8 Å². The molecule has 96 valence electrons. The molecule has 1 fully saturated rings. The Labute approximate surface area is 104 Å². The number of nitrogen functional groups attached to an aromatic ring is 1. The first kappa shape index (κ1) is 11.4. The van der Waals surface area contributed by atoms with Crippen molar-refractivity contribution < 1.29 is 8.78 Å². The number of nitrogens with two attached hydrogens (primary N) is 1. The Morgan fingerprint density at radius 2 is 2.17 bits per heavy atom. The normalized spacial score (nSPS) is 17.3. The van der Waals surface area contributed by atoms with E-state index in [0.717, 1.165) is 6.07 Å². The van der Waals surface area contributed by atoms with Gasteiger partial charge in [0.1, 0.15) is 5.52 Å². The highest BCUT2D eigenvalue weighted by Gasteiger charge is 2.29. The number of fused-ring (bicyclic) bond motifs is 1. The molecular weight excluding hydrogens is 236 g/mol. The average Bonchev–Trinajstić information content (AvgIpc) is 3.12. The van der Waals surface area contributed by atoms with Gasteiger partial charge in [-0.2, -0.15) is 0 Å². The predicted octanol–water partition coefficient (Wildman–Crippen LogP) is 2.94. The van der Waals surface area contributed by atoms with E-state index in [1.54, 1.807) is 4.57 Å². The van der Waals surface area contributed by atoms with E-state index in [4.69, 9.17) is 5.73 Å². The van der Waals surface area contributed by atoms with Gasteiger partial charge >= 0.3 is 0 Å². The summed E-state index contributed by atoms with van der Waals surface area (Å²) in [7, 11) is 0. The maximum absolute atomic E-state index is 13.8. The molecule has 0 amide bonds.